The van der Waals surface area contributed by atoms with Gasteiger partial charge in [-0.1, -0.05) is 5.16 Å². The molecule has 0 radical (unpaired) electrons. The minimum atomic E-state index is -0.192. The zero-order valence-electron chi connectivity index (χ0n) is 15.3. The Hall–Kier alpha value is -2.50. The van der Waals surface area contributed by atoms with Crippen LogP contribution in [-0.4, -0.2) is 36.7 Å². The van der Waals surface area contributed by atoms with Gasteiger partial charge in [0, 0.05) is 19.0 Å². The van der Waals surface area contributed by atoms with Crippen molar-refractivity contribution in [3.05, 3.63) is 40.8 Å². The van der Waals surface area contributed by atoms with Gasteiger partial charge >= 0.3 is 0 Å². The minimum Gasteiger partial charge on any atom is -0.497 e. The highest BCUT2D eigenvalue weighted by Gasteiger charge is 2.30. The third kappa shape index (κ3) is 3.16. The van der Waals surface area contributed by atoms with E-state index in [1.54, 1.807) is 12.0 Å². The van der Waals surface area contributed by atoms with E-state index in [0.29, 0.717) is 19.6 Å². The van der Waals surface area contributed by atoms with Crippen LogP contribution >= 0.6 is 0 Å². The molecule has 6 heteroatoms. The number of aryl methyl sites for hydroxylation is 1. The molecule has 1 amide bonds. The summed E-state index contributed by atoms with van der Waals surface area (Å²) in [6.45, 7) is 0.887. The number of nitrogens with zero attached hydrogens (tertiary/aromatic N) is 2. The number of rotatable bonds is 4. The summed E-state index contributed by atoms with van der Waals surface area (Å²) in [6, 6.07) is 5.73. The first-order chi connectivity index (χ1) is 12.7. The van der Waals surface area contributed by atoms with Crippen molar-refractivity contribution in [1.29, 1.82) is 0 Å². The van der Waals surface area contributed by atoms with Gasteiger partial charge in [0.25, 0.3) is 0 Å². The molecule has 0 spiro atoms. The average Bonchev–Trinajstić information content (AvgIpc) is 3.09. The fourth-order valence-corrected chi connectivity index (χ4v) is 3.84. The summed E-state index contributed by atoms with van der Waals surface area (Å²) in [5.41, 5.74) is 3.11. The molecule has 1 aliphatic heterocycles. The van der Waals surface area contributed by atoms with Crippen LogP contribution in [0.3, 0.4) is 0 Å². The summed E-state index contributed by atoms with van der Waals surface area (Å²) >= 11 is 0. The Morgan fingerprint density at radius 1 is 1.35 bits per heavy atom. The van der Waals surface area contributed by atoms with E-state index in [-0.39, 0.29) is 11.8 Å². The lowest BCUT2D eigenvalue weighted by Crippen LogP contribution is -2.38. The molecule has 1 atom stereocenters. The smallest absolute Gasteiger partial charge is 0.229 e. The number of benzene rings is 1. The molecule has 1 aromatic carbocycles. The number of hydrogen-bond acceptors (Lipinski definition) is 5. The second-order valence-corrected chi connectivity index (χ2v) is 7.12. The molecule has 0 saturated carbocycles. The molecule has 2 aromatic rings. The monoisotopic (exact) mass is 356 g/mol. The molecular weight excluding hydrogens is 332 g/mol. The van der Waals surface area contributed by atoms with Crippen LogP contribution in [0.1, 0.15) is 35.4 Å². The highest BCUT2D eigenvalue weighted by atomic mass is 16.5. The molecule has 0 unspecified atom stereocenters. The van der Waals surface area contributed by atoms with Crippen LogP contribution in [0, 0.1) is 5.92 Å². The number of aromatic nitrogens is 1. The molecule has 6 nitrogen and oxygen atoms in total. The van der Waals surface area contributed by atoms with Crippen LogP contribution in [0.15, 0.2) is 22.7 Å². The first-order valence-corrected chi connectivity index (χ1v) is 9.16. The van der Waals surface area contributed by atoms with Crippen molar-refractivity contribution >= 4 is 5.91 Å². The molecule has 4 rings (SSSR count). The Balaban J connectivity index is 1.45. The molecule has 138 valence electrons. The molecule has 26 heavy (non-hydrogen) atoms. The van der Waals surface area contributed by atoms with Gasteiger partial charge in [-0.3, -0.25) is 4.79 Å². The van der Waals surface area contributed by atoms with Crippen molar-refractivity contribution in [2.24, 2.45) is 5.92 Å². The van der Waals surface area contributed by atoms with E-state index >= 15 is 0 Å². The maximum absolute atomic E-state index is 12.9. The van der Waals surface area contributed by atoms with E-state index in [9.17, 15) is 4.79 Å². The summed E-state index contributed by atoms with van der Waals surface area (Å²) in [7, 11) is 3.47. The van der Waals surface area contributed by atoms with Gasteiger partial charge < -0.3 is 18.9 Å². The first kappa shape index (κ1) is 16.9. The second-order valence-electron chi connectivity index (χ2n) is 7.12. The molecule has 0 bridgehead atoms. The van der Waals surface area contributed by atoms with Crippen LogP contribution in [-0.2, 0) is 30.6 Å². The molecule has 2 heterocycles. The first-order valence-electron chi connectivity index (χ1n) is 9.16. The summed E-state index contributed by atoms with van der Waals surface area (Å²) in [5.74, 6) is 2.49. The Bertz CT molecular complexity index is 814. The van der Waals surface area contributed by atoms with Crippen molar-refractivity contribution in [1.82, 2.24) is 10.1 Å². The predicted octanol–water partition coefficient (Wildman–Crippen LogP) is 2.77. The quantitative estimate of drug-likeness (QED) is 0.843. The predicted molar refractivity (Wildman–Crippen MR) is 95.3 cm³/mol. The maximum atomic E-state index is 12.9. The van der Waals surface area contributed by atoms with E-state index in [1.807, 2.05) is 25.2 Å². The van der Waals surface area contributed by atoms with Crippen LogP contribution in [0.2, 0.25) is 0 Å². The van der Waals surface area contributed by atoms with Gasteiger partial charge in [-0.05, 0) is 49.4 Å². The second kappa shape index (κ2) is 7.02. The zero-order valence-corrected chi connectivity index (χ0v) is 15.3. The van der Waals surface area contributed by atoms with E-state index in [2.05, 4.69) is 5.16 Å². The summed E-state index contributed by atoms with van der Waals surface area (Å²) in [5, 5.41) is 4.21. The van der Waals surface area contributed by atoms with E-state index in [4.69, 9.17) is 14.0 Å². The molecule has 0 saturated heterocycles. The van der Waals surface area contributed by atoms with Gasteiger partial charge in [-0.15, -0.1) is 0 Å². The van der Waals surface area contributed by atoms with Crippen LogP contribution in [0.25, 0.3) is 0 Å². The SMILES string of the molecule is COc1ccc2c(c1)C[C@@H](C(=O)N(C)Cc1noc3c1CCCC3)CO2. The molecule has 1 aromatic heterocycles. The van der Waals surface area contributed by atoms with Crippen LogP contribution < -0.4 is 9.47 Å². The summed E-state index contributed by atoms with van der Waals surface area (Å²) < 4.78 is 16.5. The number of carbonyl (C=O) groups is 1. The number of ether oxygens (including phenoxy) is 2. The largest absolute Gasteiger partial charge is 0.497 e. The van der Waals surface area contributed by atoms with E-state index < -0.39 is 0 Å². The van der Waals surface area contributed by atoms with Gasteiger partial charge in [-0.2, -0.15) is 0 Å². The van der Waals surface area contributed by atoms with Gasteiger partial charge in [0.15, 0.2) is 0 Å². The lowest BCUT2D eigenvalue weighted by atomic mass is 9.94. The Morgan fingerprint density at radius 2 is 2.19 bits per heavy atom. The fraction of sp³-hybridized carbons (Fsp3) is 0.500. The topological polar surface area (TPSA) is 64.8 Å². The highest BCUT2D eigenvalue weighted by Crippen LogP contribution is 2.31. The van der Waals surface area contributed by atoms with Crippen molar-refractivity contribution in [2.75, 3.05) is 20.8 Å². The minimum absolute atomic E-state index is 0.0750. The Kier molecular flexibility index (Phi) is 4.57. The molecule has 2 aliphatic rings. The number of carbonyl (C=O) groups excluding carboxylic acids is 1. The summed E-state index contributed by atoms with van der Waals surface area (Å²) in [6.07, 6.45) is 4.92. The van der Waals surface area contributed by atoms with E-state index in [0.717, 1.165) is 54.2 Å². The highest BCUT2D eigenvalue weighted by molar-refractivity contribution is 5.79. The lowest BCUT2D eigenvalue weighted by Gasteiger charge is -2.28. The third-order valence-electron chi connectivity index (χ3n) is 5.32. The van der Waals surface area contributed by atoms with Crippen molar-refractivity contribution in [3.63, 3.8) is 0 Å². The number of hydrogen-bond donors (Lipinski definition) is 0. The number of amides is 1. The standard InChI is InChI=1S/C20H24N2O4/c1-22(11-17-16-5-3-4-6-19(16)26-21-17)20(23)14-9-13-10-15(24-2)7-8-18(13)25-12-14/h7-8,10,14H,3-6,9,11-12H2,1-2H3/t14-/m1/s1. The Morgan fingerprint density at radius 3 is 3.04 bits per heavy atom. The Labute approximate surface area is 153 Å². The number of fused-ring (bicyclic) bond motifs is 2. The maximum Gasteiger partial charge on any atom is 0.229 e. The molecular formula is C20H24N2O4. The normalized spacial score (nSPS) is 18.5. The van der Waals surface area contributed by atoms with Gasteiger partial charge in [0.1, 0.15) is 29.6 Å². The van der Waals surface area contributed by atoms with Crippen molar-refractivity contribution in [2.45, 2.75) is 38.6 Å². The molecule has 1 aliphatic carbocycles. The van der Waals surface area contributed by atoms with Gasteiger partial charge in [0.2, 0.25) is 5.91 Å². The average molecular weight is 356 g/mol. The van der Waals surface area contributed by atoms with Gasteiger partial charge in [-0.25, -0.2) is 0 Å². The molecule has 0 N–H and O–H groups in total. The van der Waals surface area contributed by atoms with Crippen molar-refractivity contribution < 1.29 is 18.8 Å². The van der Waals surface area contributed by atoms with Crippen LogP contribution in [0.4, 0.5) is 0 Å². The third-order valence-corrected chi connectivity index (χ3v) is 5.32. The van der Waals surface area contributed by atoms with Crippen molar-refractivity contribution in [3.8, 4) is 11.5 Å². The molecule has 0 fully saturated rings. The van der Waals surface area contributed by atoms with E-state index in [1.165, 1.54) is 5.56 Å². The number of methoxy groups -OCH3 is 1. The summed E-state index contributed by atoms with van der Waals surface area (Å²) in [4.78, 5) is 14.7. The van der Waals surface area contributed by atoms with Crippen LogP contribution in [0.5, 0.6) is 11.5 Å². The lowest BCUT2D eigenvalue weighted by molar-refractivity contribution is -0.136. The fourth-order valence-electron chi connectivity index (χ4n) is 3.84. The zero-order chi connectivity index (χ0) is 18.1. The van der Waals surface area contributed by atoms with Gasteiger partial charge in [0.05, 0.1) is 19.6 Å².